The number of hydrogen-bond donors (Lipinski definition) is 1. The van der Waals surface area contributed by atoms with Crippen molar-refractivity contribution in [2.45, 2.75) is 19.4 Å². The van der Waals surface area contributed by atoms with E-state index in [0.717, 1.165) is 16.6 Å². The Morgan fingerprint density at radius 1 is 1.77 bits per heavy atom. The number of amides is 1. The summed E-state index contributed by atoms with van der Waals surface area (Å²) in [5.41, 5.74) is 0. The molecule has 1 amide bonds. The Hall–Kier alpha value is -0.350. The molecule has 1 unspecified atom stereocenters. The molecular weight excluding hydrogens is 250 g/mol. The fourth-order valence-electron chi connectivity index (χ4n) is 0.939. The van der Waals surface area contributed by atoms with Gasteiger partial charge >= 0.3 is 0 Å². The van der Waals surface area contributed by atoms with E-state index in [2.05, 4.69) is 21.2 Å². The zero-order chi connectivity index (χ0) is 9.68. The van der Waals surface area contributed by atoms with E-state index >= 15 is 0 Å². The highest BCUT2D eigenvalue weighted by molar-refractivity contribution is 9.09. The molecule has 1 N–H and O–H groups in total. The van der Waals surface area contributed by atoms with Gasteiger partial charge < -0.3 is 5.32 Å². The van der Waals surface area contributed by atoms with Gasteiger partial charge in [0.2, 0.25) is 0 Å². The van der Waals surface area contributed by atoms with Gasteiger partial charge in [-0.05, 0) is 24.8 Å². The van der Waals surface area contributed by atoms with E-state index in [1.807, 2.05) is 24.4 Å². The third kappa shape index (κ3) is 3.48. The summed E-state index contributed by atoms with van der Waals surface area (Å²) < 4.78 is 0. The first kappa shape index (κ1) is 10.7. The lowest BCUT2D eigenvalue weighted by atomic mass is 10.2. The predicted molar refractivity (Wildman–Crippen MR) is 59.7 cm³/mol. The summed E-state index contributed by atoms with van der Waals surface area (Å²) >= 11 is 4.81. The van der Waals surface area contributed by atoms with Crippen molar-refractivity contribution in [1.82, 2.24) is 5.32 Å². The Balaban J connectivity index is 2.42. The van der Waals surface area contributed by atoms with Crippen LogP contribution in [0.3, 0.4) is 0 Å². The van der Waals surface area contributed by atoms with Gasteiger partial charge in [-0.15, -0.1) is 11.3 Å². The summed E-state index contributed by atoms with van der Waals surface area (Å²) in [7, 11) is 0. The Labute approximate surface area is 90.5 Å². The molecule has 13 heavy (non-hydrogen) atoms. The lowest BCUT2D eigenvalue weighted by Crippen LogP contribution is -2.32. The van der Waals surface area contributed by atoms with Crippen molar-refractivity contribution in [1.29, 1.82) is 0 Å². The van der Waals surface area contributed by atoms with Crippen LogP contribution in [0.2, 0.25) is 0 Å². The normalized spacial score (nSPS) is 12.5. The van der Waals surface area contributed by atoms with Crippen molar-refractivity contribution >= 4 is 33.2 Å². The van der Waals surface area contributed by atoms with Crippen molar-refractivity contribution in [3.05, 3.63) is 22.4 Å². The maximum absolute atomic E-state index is 11.5. The maximum atomic E-state index is 11.5. The molecule has 1 aromatic rings. The summed E-state index contributed by atoms with van der Waals surface area (Å²) in [6.07, 6.45) is 0.955. The third-order valence-corrected chi connectivity index (χ3v) is 2.99. The minimum atomic E-state index is 0.0310. The molecular formula is C9H12BrNOS. The molecule has 0 fully saturated rings. The van der Waals surface area contributed by atoms with E-state index in [0.29, 0.717) is 0 Å². The number of alkyl halides is 1. The van der Waals surface area contributed by atoms with Gasteiger partial charge in [0.05, 0.1) is 4.88 Å². The summed E-state index contributed by atoms with van der Waals surface area (Å²) in [5.74, 6) is 0.0310. The molecule has 0 bridgehead atoms. The average Bonchev–Trinajstić information content (AvgIpc) is 2.55. The van der Waals surface area contributed by atoms with Crippen molar-refractivity contribution in [3.8, 4) is 0 Å². The standard InChI is InChI=1S/C9H12BrNOS/c1-7(4-5-10)11-9(12)8-3-2-6-13-8/h2-3,6-7H,4-5H2,1H3,(H,11,12). The first-order valence-electron chi connectivity index (χ1n) is 4.14. The number of thiophene rings is 1. The monoisotopic (exact) mass is 261 g/mol. The minimum absolute atomic E-state index is 0.0310. The molecule has 4 heteroatoms. The Morgan fingerprint density at radius 2 is 2.54 bits per heavy atom. The molecule has 1 atom stereocenters. The highest BCUT2D eigenvalue weighted by atomic mass is 79.9. The van der Waals surface area contributed by atoms with Crippen LogP contribution >= 0.6 is 27.3 Å². The number of carbonyl (C=O) groups is 1. The second-order valence-electron chi connectivity index (χ2n) is 2.83. The van der Waals surface area contributed by atoms with Gasteiger partial charge in [0, 0.05) is 11.4 Å². The first-order chi connectivity index (χ1) is 6.24. The lowest BCUT2D eigenvalue weighted by Gasteiger charge is -2.10. The smallest absolute Gasteiger partial charge is 0.261 e. The molecule has 72 valence electrons. The van der Waals surface area contributed by atoms with Gasteiger partial charge in [-0.1, -0.05) is 22.0 Å². The van der Waals surface area contributed by atoms with E-state index in [9.17, 15) is 4.79 Å². The fraction of sp³-hybridized carbons (Fsp3) is 0.444. The van der Waals surface area contributed by atoms with Gasteiger partial charge in [0.1, 0.15) is 0 Å². The molecule has 0 aromatic carbocycles. The van der Waals surface area contributed by atoms with E-state index < -0.39 is 0 Å². The quantitative estimate of drug-likeness (QED) is 0.830. The van der Waals surface area contributed by atoms with Gasteiger partial charge in [-0.25, -0.2) is 0 Å². The van der Waals surface area contributed by atoms with E-state index in [4.69, 9.17) is 0 Å². The molecule has 1 heterocycles. The van der Waals surface area contributed by atoms with Crippen LogP contribution in [-0.4, -0.2) is 17.3 Å². The van der Waals surface area contributed by atoms with Crippen molar-refractivity contribution < 1.29 is 4.79 Å². The maximum Gasteiger partial charge on any atom is 0.261 e. The SMILES string of the molecule is CC(CCBr)NC(=O)c1cccs1. The Kier molecular flexibility index (Phi) is 4.45. The number of rotatable bonds is 4. The molecule has 0 saturated heterocycles. The van der Waals surface area contributed by atoms with Gasteiger partial charge in [-0.3, -0.25) is 4.79 Å². The molecule has 1 aromatic heterocycles. The second kappa shape index (κ2) is 5.40. The highest BCUT2D eigenvalue weighted by Gasteiger charge is 2.09. The van der Waals surface area contributed by atoms with Crippen LogP contribution in [0.15, 0.2) is 17.5 Å². The topological polar surface area (TPSA) is 29.1 Å². The number of carbonyl (C=O) groups excluding carboxylic acids is 1. The van der Waals surface area contributed by atoms with Gasteiger partial charge in [0.15, 0.2) is 0 Å². The fourth-order valence-corrected chi connectivity index (χ4v) is 2.25. The molecule has 0 aliphatic carbocycles. The lowest BCUT2D eigenvalue weighted by molar-refractivity contribution is 0.0943. The van der Waals surface area contributed by atoms with Crippen LogP contribution in [0.4, 0.5) is 0 Å². The van der Waals surface area contributed by atoms with Gasteiger partial charge in [0.25, 0.3) is 5.91 Å². The van der Waals surface area contributed by atoms with Crippen LogP contribution < -0.4 is 5.32 Å². The van der Waals surface area contributed by atoms with E-state index in [1.165, 1.54) is 11.3 Å². The van der Waals surface area contributed by atoms with Crippen LogP contribution in [-0.2, 0) is 0 Å². The molecule has 0 aliphatic rings. The summed E-state index contributed by atoms with van der Waals surface area (Å²) in [4.78, 5) is 12.3. The number of nitrogens with one attached hydrogen (secondary N) is 1. The molecule has 0 aliphatic heterocycles. The molecule has 0 saturated carbocycles. The van der Waals surface area contributed by atoms with Crippen LogP contribution in [0.5, 0.6) is 0 Å². The summed E-state index contributed by atoms with van der Waals surface area (Å²) in [5, 5.41) is 5.75. The average molecular weight is 262 g/mol. The largest absolute Gasteiger partial charge is 0.349 e. The molecule has 1 rings (SSSR count). The molecule has 2 nitrogen and oxygen atoms in total. The highest BCUT2D eigenvalue weighted by Crippen LogP contribution is 2.08. The van der Waals surface area contributed by atoms with E-state index in [1.54, 1.807) is 0 Å². The third-order valence-electron chi connectivity index (χ3n) is 1.66. The Morgan fingerprint density at radius 3 is 3.08 bits per heavy atom. The van der Waals surface area contributed by atoms with Crippen molar-refractivity contribution in [3.63, 3.8) is 0 Å². The first-order valence-corrected chi connectivity index (χ1v) is 6.14. The number of halogens is 1. The number of hydrogen-bond acceptors (Lipinski definition) is 2. The van der Waals surface area contributed by atoms with Crippen molar-refractivity contribution in [2.75, 3.05) is 5.33 Å². The summed E-state index contributed by atoms with van der Waals surface area (Å²) in [6.45, 7) is 2.01. The van der Waals surface area contributed by atoms with E-state index in [-0.39, 0.29) is 11.9 Å². The Bertz CT molecular complexity index is 261. The van der Waals surface area contributed by atoms with Gasteiger partial charge in [-0.2, -0.15) is 0 Å². The summed E-state index contributed by atoms with van der Waals surface area (Å²) in [6, 6.07) is 3.95. The van der Waals surface area contributed by atoms with Crippen LogP contribution in [0.1, 0.15) is 23.0 Å². The zero-order valence-corrected chi connectivity index (χ0v) is 9.82. The second-order valence-corrected chi connectivity index (χ2v) is 4.57. The molecule has 0 spiro atoms. The zero-order valence-electron chi connectivity index (χ0n) is 7.42. The van der Waals surface area contributed by atoms with Crippen LogP contribution in [0.25, 0.3) is 0 Å². The predicted octanol–water partition coefficient (Wildman–Crippen LogP) is 2.65. The minimum Gasteiger partial charge on any atom is -0.349 e. The van der Waals surface area contributed by atoms with Crippen LogP contribution in [0, 0.1) is 0 Å². The van der Waals surface area contributed by atoms with Crippen molar-refractivity contribution in [2.24, 2.45) is 0 Å². The molecule has 0 radical (unpaired) electrons.